The summed E-state index contributed by atoms with van der Waals surface area (Å²) in [4.78, 5) is 11.8. The van der Waals surface area contributed by atoms with Crippen molar-refractivity contribution in [1.82, 2.24) is 5.32 Å². The molecule has 1 aromatic rings. The Bertz CT molecular complexity index is 530. The van der Waals surface area contributed by atoms with E-state index in [0.717, 1.165) is 19.5 Å². The molecule has 100 valence electrons. The first-order chi connectivity index (χ1) is 9.28. The summed E-state index contributed by atoms with van der Waals surface area (Å²) in [6, 6.07) is 6.21. The van der Waals surface area contributed by atoms with Crippen LogP contribution in [-0.2, 0) is 4.74 Å². The predicted octanol–water partition coefficient (Wildman–Crippen LogP) is 2.73. The molecule has 3 heteroatoms. The maximum absolute atomic E-state index is 11.8. The third-order valence-corrected chi connectivity index (χ3v) is 3.86. The van der Waals surface area contributed by atoms with E-state index in [9.17, 15) is 4.79 Å². The average molecular weight is 257 g/mol. The molecule has 1 aromatic carbocycles. The number of hydrogen-bond donors (Lipinski definition) is 1. The minimum Gasteiger partial charge on any atom is -0.465 e. The minimum atomic E-state index is -0.238. The fourth-order valence-electron chi connectivity index (χ4n) is 2.61. The molecule has 3 rings (SSSR count). The van der Waals surface area contributed by atoms with Gasteiger partial charge in [0.05, 0.1) is 12.7 Å². The molecule has 19 heavy (non-hydrogen) atoms. The zero-order valence-corrected chi connectivity index (χ0v) is 11.2. The highest BCUT2D eigenvalue weighted by Crippen LogP contribution is 2.41. The van der Waals surface area contributed by atoms with E-state index in [1.807, 2.05) is 12.1 Å². The summed E-state index contributed by atoms with van der Waals surface area (Å²) < 4.78 is 4.86. The van der Waals surface area contributed by atoms with Crippen LogP contribution >= 0.6 is 0 Å². The molecule has 1 N–H and O–H groups in total. The maximum atomic E-state index is 11.8. The van der Waals surface area contributed by atoms with Crippen molar-refractivity contribution in [2.45, 2.75) is 25.2 Å². The zero-order chi connectivity index (χ0) is 13.2. The number of ether oxygens (including phenoxy) is 1. The lowest BCUT2D eigenvalue weighted by molar-refractivity contribution is 0.0600. The number of rotatable bonds is 3. The molecule has 0 saturated heterocycles. The number of benzene rings is 1. The Morgan fingerprint density at radius 2 is 2.16 bits per heavy atom. The van der Waals surface area contributed by atoms with Crippen molar-refractivity contribution < 1.29 is 9.53 Å². The molecule has 0 unspecified atom stereocenters. The molecule has 2 aliphatic rings. The van der Waals surface area contributed by atoms with Gasteiger partial charge in [-0.3, -0.25) is 0 Å². The topological polar surface area (TPSA) is 38.3 Å². The van der Waals surface area contributed by atoms with Gasteiger partial charge in [0.25, 0.3) is 0 Å². The number of esters is 1. The van der Waals surface area contributed by atoms with Gasteiger partial charge in [-0.05, 0) is 60.6 Å². The Kier molecular flexibility index (Phi) is 3.38. The second-order valence-corrected chi connectivity index (χ2v) is 5.29. The van der Waals surface area contributed by atoms with Gasteiger partial charge in [0.1, 0.15) is 0 Å². The number of nitrogens with one attached hydrogen (secondary N) is 1. The van der Waals surface area contributed by atoms with Gasteiger partial charge >= 0.3 is 5.97 Å². The predicted molar refractivity (Wildman–Crippen MR) is 75.2 cm³/mol. The fraction of sp³-hybridized carbons (Fsp3) is 0.438. The second kappa shape index (κ2) is 5.17. The summed E-state index contributed by atoms with van der Waals surface area (Å²) >= 11 is 0. The summed E-state index contributed by atoms with van der Waals surface area (Å²) in [5.74, 6) is 0.406. The number of carbonyl (C=O) groups is 1. The molecule has 1 aliphatic heterocycles. The third-order valence-electron chi connectivity index (χ3n) is 3.86. The van der Waals surface area contributed by atoms with Crippen LogP contribution in [0.4, 0.5) is 0 Å². The summed E-state index contributed by atoms with van der Waals surface area (Å²) in [6.07, 6.45) is 5.72. The zero-order valence-electron chi connectivity index (χ0n) is 11.2. The summed E-state index contributed by atoms with van der Waals surface area (Å²) in [5, 5.41) is 3.31. The molecular weight excluding hydrogens is 238 g/mol. The fourth-order valence-corrected chi connectivity index (χ4v) is 2.61. The first-order valence-electron chi connectivity index (χ1n) is 6.91. The number of hydrogen-bond acceptors (Lipinski definition) is 3. The van der Waals surface area contributed by atoms with Crippen LogP contribution in [0.25, 0.3) is 5.57 Å². The molecule has 1 aliphatic carbocycles. The smallest absolute Gasteiger partial charge is 0.337 e. The lowest BCUT2D eigenvalue weighted by Gasteiger charge is -2.16. The van der Waals surface area contributed by atoms with E-state index in [4.69, 9.17) is 4.74 Å². The van der Waals surface area contributed by atoms with Crippen molar-refractivity contribution in [3.05, 3.63) is 41.0 Å². The Labute approximate surface area is 113 Å². The quantitative estimate of drug-likeness (QED) is 0.846. The molecule has 1 saturated carbocycles. The van der Waals surface area contributed by atoms with Crippen molar-refractivity contribution >= 4 is 11.5 Å². The molecule has 1 heterocycles. The van der Waals surface area contributed by atoms with Crippen LogP contribution in [0.5, 0.6) is 0 Å². The van der Waals surface area contributed by atoms with Gasteiger partial charge in [-0.15, -0.1) is 0 Å². The first-order valence-corrected chi connectivity index (χ1v) is 6.91. The van der Waals surface area contributed by atoms with Crippen molar-refractivity contribution in [2.75, 3.05) is 20.2 Å². The van der Waals surface area contributed by atoms with E-state index < -0.39 is 0 Å². The van der Waals surface area contributed by atoms with E-state index in [1.54, 1.807) is 0 Å². The van der Waals surface area contributed by atoms with Crippen LogP contribution in [0, 0.1) is 0 Å². The first kappa shape index (κ1) is 12.4. The molecule has 0 radical (unpaired) electrons. The van der Waals surface area contributed by atoms with Crippen LogP contribution in [-0.4, -0.2) is 26.2 Å². The highest BCUT2D eigenvalue weighted by molar-refractivity contribution is 5.91. The van der Waals surface area contributed by atoms with Crippen LogP contribution in [0.3, 0.4) is 0 Å². The molecule has 0 spiro atoms. The van der Waals surface area contributed by atoms with Crippen molar-refractivity contribution in [3.8, 4) is 0 Å². The summed E-state index contributed by atoms with van der Waals surface area (Å²) in [7, 11) is 1.44. The van der Waals surface area contributed by atoms with Crippen LogP contribution in [0.15, 0.2) is 24.3 Å². The SMILES string of the molecule is COC(=O)c1cc(C2=CCNCC2)cc(C2CC2)c1. The van der Waals surface area contributed by atoms with Crippen LogP contribution in [0.2, 0.25) is 0 Å². The van der Waals surface area contributed by atoms with Gasteiger partial charge in [-0.2, -0.15) is 0 Å². The van der Waals surface area contributed by atoms with Crippen molar-refractivity contribution in [2.24, 2.45) is 0 Å². The van der Waals surface area contributed by atoms with E-state index in [-0.39, 0.29) is 5.97 Å². The van der Waals surface area contributed by atoms with E-state index in [0.29, 0.717) is 11.5 Å². The highest BCUT2D eigenvalue weighted by atomic mass is 16.5. The lowest BCUT2D eigenvalue weighted by Crippen LogP contribution is -2.20. The second-order valence-electron chi connectivity index (χ2n) is 5.29. The number of methoxy groups -OCH3 is 1. The average Bonchev–Trinajstić information content (AvgIpc) is 3.31. The van der Waals surface area contributed by atoms with Crippen molar-refractivity contribution in [3.63, 3.8) is 0 Å². The Morgan fingerprint density at radius 3 is 2.79 bits per heavy atom. The molecule has 0 aromatic heterocycles. The van der Waals surface area contributed by atoms with E-state index in [2.05, 4.69) is 17.5 Å². The normalized spacial score (nSPS) is 18.9. The molecule has 0 amide bonds. The standard InChI is InChI=1S/C16H19NO2/c1-19-16(18)15-9-13(11-2-3-11)8-14(10-15)12-4-6-17-7-5-12/h4,8-11,17H,2-3,5-7H2,1H3. The maximum Gasteiger partial charge on any atom is 0.337 e. The van der Waals surface area contributed by atoms with Gasteiger partial charge in [0, 0.05) is 6.54 Å². The third kappa shape index (κ3) is 2.71. The largest absolute Gasteiger partial charge is 0.465 e. The van der Waals surface area contributed by atoms with Gasteiger partial charge in [0.15, 0.2) is 0 Å². The Morgan fingerprint density at radius 1 is 1.32 bits per heavy atom. The Balaban J connectivity index is 2.00. The lowest BCUT2D eigenvalue weighted by atomic mass is 9.94. The minimum absolute atomic E-state index is 0.238. The molecule has 1 fully saturated rings. The Hall–Kier alpha value is -1.61. The summed E-state index contributed by atoms with van der Waals surface area (Å²) in [5.41, 5.74) is 4.50. The van der Waals surface area contributed by atoms with Gasteiger partial charge in [-0.25, -0.2) is 4.79 Å². The van der Waals surface area contributed by atoms with Gasteiger partial charge in [-0.1, -0.05) is 12.1 Å². The highest BCUT2D eigenvalue weighted by Gasteiger charge is 2.25. The van der Waals surface area contributed by atoms with Gasteiger partial charge < -0.3 is 10.1 Å². The van der Waals surface area contributed by atoms with Gasteiger partial charge in [0.2, 0.25) is 0 Å². The van der Waals surface area contributed by atoms with E-state index >= 15 is 0 Å². The summed E-state index contributed by atoms with van der Waals surface area (Å²) in [6.45, 7) is 1.92. The van der Waals surface area contributed by atoms with Crippen LogP contribution < -0.4 is 5.32 Å². The van der Waals surface area contributed by atoms with Crippen LogP contribution in [0.1, 0.15) is 46.7 Å². The number of carbonyl (C=O) groups excluding carboxylic acids is 1. The molecule has 0 bridgehead atoms. The molecular formula is C16H19NO2. The molecule has 3 nitrogen and oxygen atoms in total. The van der Waals surface area contributed by atoms with Crippen molar-refractivity contribution in [1.29, 1.82) is 0 Å². The molecule has 0 atom stereocenters. The monoisotopic (exact) mass is 257 g/mol. The van der Waals surface area contributed by atoms with E-state index in [1.165, 1.54) is 36.7 Å².